The van der Waals surface area contributed by atoms with E-state index in [9.17, 15) is 4.79 Å². The van der Waals surface area contributed by atoms with Gasteiger partial charge in [0.2, 0.25) is 0 Å². The van der Waals surface area contributed by atoms with Gasteiger partial charge < -0.3 is 13.6 Å². The quantitative estimate of drug-likeness (QED) is 0.445. The molecule has 0 amide bonds. The maximum absolute atomic E-state index is 10.4. The lowest BCUT2D eigenvalue weighted by Crippen LogP contribution is -2.40. The number of rotatable bonds is 5. The second kappa shape index (κ2) is 4.60. The Bertz CT molecular complexity index is 99.2. The molecule has 0 atom stereocenters. The van der Waals surface area contributed by atoms with E-state index in [1.54, 1.807) is 6.55 Å². The molecule has 0 radical (unpaired) electrons. The van der Waals surface area contributed by atoms with E-state index in [-0.39, 0.29) is 0 Å². The Morgan fingerprint density at radius 3 is 1.90 bits per heavy atom. The predicted octanol–water partition coefficient (Wildman–Crippen LogP) is 0.903. The van der Waals surface area contributed by atoms with Crippen LogP contribution < -0.4 is 0 Å². The summed E-state index contributed by atoms with van der Waals surface area (Å²) in [4.78, 5) is 10.4. The number of carbonyl (C=O) groups is 1. The first-order valence-electron chi connectivity index (χ1n) is 3.42. The molecule has 0 spiro atoms. The van der Waals surface area contributed by atoms with E-state index in [4.69, 9.17) is 8.85 Å². The molecule has 0 aliphatic heterocycles. The minimum atomic E-state index is -2.40. The van der Waals surface area contributed by atoms with Gasteiger partial charge in [-0.3, -0.25) is 0 Å². The van der Waals surface area contributed by atoms with Crippen LogP contribution in [0.2, 0.25) is 6.55 Å². The molecule has 0 aliphatic rings. The highest BCUT2D eigenvalue weighted by molar-refractivity contribution is 6.90. The van der Waals surface area contributed by atoms with Crippen LogP contribution in [0.1, 0.15) is 13.8 Å². The Kier molecular flexibility index (Phi) is 4.51. The minimum absolute atomic E-state index is 0.543. The topological polar surface area (TPSA) is 35.5 Å². The molecule has 0 rings (SSSR count). The van der Waals surface area contributed by atoms with Gasteiger partial charge >= 0.3 is 8.56 Å². The lowest BCUT2D eigenvalue weighted by molar-refractivity contribution is 0.204. The largest absolute Gasteiger partial charge is 0.403 e. The SMILES string of the molecule is CCO[Si](C)(C=O)OCC. The molecule has 0 saturated heterocycles. The van der Waals surface area contributed by atoms with Gasteiger partial charge in [0.25, 0.3) is 0 Å². The fraction of sp³-hybridized carbons (Fsp3) is 0.833. The van der Waals surface area contributed by atoms with Crippen LogP contribution in [-0.4, -0.2) is 27.7 Å². The monoisotopic (exact) mass is 162 g/mol. The van der Waals surface area contributed by atoms with Crippen LogP contribution in [0.25, 0.3) is 0 Å². The standard InChI is InChI=1S/C6H14O3Si/c1-4-8-10(3,6-7)9-5-2/h6H,4-5H2,1-3H3. The Balaban J connectivity index is 3.81. The van der Waals surface area contributed by atoms with Crippen molar-refractivity contribution < 1.29 is 13.6 Å². The molecule has 0 aliphatic carbocycles. The van der Waals surface area contributed by atoms with Crippen molar-refractivity contribution in [1.29, 1.82) is 0 Å². The van der Waals surface area contributed by atoms with Crippen LogP contribution in [-0.2, 0) is 13.6 Å². The molecule has 0 saturated carbocycles. The third-order valence-corrected chi connectivity index (χ3v) is 3.23. The highest BCUT2D eigenvalue weighted by atomic mass is 28.4. The average Bonchev–Trinajstić information content (AvgIpc) is 1.89. The second-order valence-corrected chi connectivity index (χ2v) is 4.84. The highest BCUT2D eigenvalue weighted by Gasteiger charge is 2.29. The maximum atomic E-state index is 10.4. The number of hydrogen-bond acceptors (Lipinski definition) is 3. The summed E-state index contributed by atoms with van der Waals surface area (Å²) < 4.78 is 10.3. The van der Waals surface area contributed by atoms with Gasteiger partial charge in [0.05, 0.1) is 0 Å². The van der Waals surface area contributed by atoms with Gasteiger partial charge in [-0.05, 0) is 20.4 Å². The molecule has 0 fully saturated rings. The van der Waals surface area contributed by atoms with Gasteiger partial charge in [0.1, 0.15) is 0 Å². The summed E-state index contributed by atoms with van der Waals surface area (Å²) in [5, 5.41) is 0. The molecule has 4 heteroatoms. The van der Waals surface area contributed by atoms with E-state index in [2.05, 4.69) is 0 Å². The third-order valence-electron chi connectivity index (χ3n) is 1.08. The van der Waals surface area contributed by atoms with Gasteiger partial charge in [0.15, 0.2) is 5.91 Å². The molecule has 10 heavy (non-hydrogen) atoms. The molecule has 0 heterocycles. The van der Waals surface area contributed by atoms with Crippen LogP contribution in [0.3, 0.4) is 0 Å². The molecule has 0 aromatic heterocycles. The smallest absolute Gasteiger partial charge is 0.390 e. The van der Waals surface area contributed by atoms with Crippen molar-refractivity contribution >= 4 is 14.5 Å². The van der Waals surface area contributed by atoms with E-state index in [1.165, 1.54) is 0 Å². The normalized spacial score (nSPS) is 11.5. The van der Waals surface area contributed by atoms with Crippen molar-refractivity contribution in [1.82, 2.24) is 0 Å². The summed E-state index contributed by atoms with van der Waals surface area (Å²) in [5.74, 6) is 0.806. The van der Waals surface area contributed by atoms with Crippen molar-refractivity contribution in [2.45, 2.75) is 20.4 Å². The lowest BCUT2D eigenvalue weighted by Gasteiger charge is -2.18. The first-order chi connectivity index (χ1) is 4.68. The predicted molar refractivity (Wildman–Crippen MR) is 41.6 cm³/mol. The molecule has 0 bridgehead atoms. The number of hydrogen-bond donors (Lipinski definition) is 0. The summed E-state index contributed by atoms with van der Waals surface area (Å²) in [7, 11) is -2.40. The third kappa shape index (κ3) is 3.10. The summed E-state index contributed by atoms with van der Waals surface area (Å²) in [6.07, 6.45) is 0. The second-order valence-electron chi connectivity index (χ2n) is 2.00. The summed E-state index contributed by atoms with van der Waals surface area (Å²) in [6, 6.07) is 0. The zero-order valence-corrected chi connectivity index (χ0v) is 7.72. The molecule has 0 aromatic rings. The zero-order valence-electron chi connectivity index (χ0n) is 6.72. The lowest BCUT2D eigenvalue weighted by atomic mass is 10.9. The van der Waals surface area contributed by atoms with Crippen LogP contribution in [0, 0.1) is 0 Å². The molecule has 3 nitrogen and oxygen atoms in total. The van der Waals surface area contributed by atoms with Crippen molar-refractivity contribution in [3.63, 3.8) is 0 Å². The molecular weight excluding hydrogens is 148 g/mol. The fourth-order valence-electron chi connectivity index (χ4n) is 0.683. The maximum Gasteiger partial charge on any atom is 0.403 e. The van der Waals surface area contributed by atoms with Crippen LogP contribution in [0.4, 0.5) is 0 Å². The van der Waals surface area contributed by atoms with Crippen LogP contribution in [0.5, 0.6) is 0 Å². The van der Waals surface area contributed by atoms with Crippen LogP contribution >= 0.6 is 0 Å². The summed E-state index contributed by atoms with van der Waals surface area (Å²) in [6.45, 7) is 6.54. The van der Waals surface area contributed by atoms with E-state index in [1.807, 2.05) is 13.8 Å². The average molecular weight is 162 g/mol. The van der Waals surface area contributed by atoms with E-state index < -0.39 is 8.56 Å². The highest BCUT2D eigenvalue weighted by Crippen LogP contribution is 2.02. The van der Waals surface area contributed by atoms with Crippen molar-refractivity contribution in [2.75, 3.05) is 13.2 Å². The molecule has 0 N–H and O–H groups in total. The molecule has 0 aromatic carbocycles. The molecule has 60 valence electrons. The van der Waals surface area contributed by atoms with Gasteiger partial charge in [-0.1, -0.05) is 0 Å². The zero-order chi connectivity index (χ0) is 8.04. The van der Waals surface area contributed by atoms with Gasteiger partial charge in [0, 0.05) is 13.2 Å². The van der Waals surface area contributed by atoms with Crippen molar-refractivity contribution in [3.8, 4) is 0 Å². The van der Waals surface area contributed by atoms with Gasteiger partial charge in [-0.15, -0.1) is 0 Å². The Labute approximate surface area is 62.6 Å². The summed E-state index contributed by atoms with van der Waals surface area (Å²) >= 11 is 0. The summed E-state index contributed by atoms with van der Waals surface area (Å²) in [5.41, 5.74) is 0. The Morgan fingerprint density at radius 1 is 1.30 bits per heavy atom. The van der Waals surface area contributed by atoms with E-state index in [0.717, 1.165) is 5.91 Å². The van der Waals surface area contributed by atoms with Crippen LogP contribution in [0.15, 0.2) is 0 Å². The van der Waals surface area contributed by atoms with E-state index in [0.29, 0.717) is 13.2 Å². The molecule has 0 unspecified atom stereocenters. The Morgan fingerprint density at radius 2 is 1.70 bits per heavy atom. The molecular formula is C6H14O3Si. The Hall–Kier alpha value is -0.193. The van der Waals surface area contributed by atoms with E-state index >= 15 is 0 Å². The van der Waals surface area contributed by atoms with Crippen molar-refractivity contribution in [3.05, 3.63) is 0 Å². The number of carbonyl (C=O) groups excluding carboxylic acids is 1. The fourth-order valence-corrected chi connectivity index (χ4v) is 2.05. The van der Waals surface area contributed by atoms with Gasteiger partial charge in [-0.25, -0.2) is 0 Å². The first kappa shape index (κ1) is 9.81. The minimum Gasteiger partial charge on any atom is -0.390 e. The van der Waals surface area contributed by atoms with Crippen molar-refractivity contribution in [2.24, 2.45) is 0 Å². The van der Waals surface area contributed by atoms with Gasteiger partial charge in [-0.2, -0.15) is 0 Å². The first-order valence-corrected chi connectivity index (χ1v) is 5.82.